The van der Waals surface area contributed by atoms with E-state index in [9.17, 15) is 4.39 Å². The van der Waals surface area contributed by atoms with E-state index in [1.165, 1.54) is 17.7 Å². The summed E-state index contributed by atoms with van der Waals surface area (Å²) in [6, 6.07) is 21.2. The van der Waals surface area contributed by atoms with Crippen LogP contribution in [0.25, 0.3) is 5.69 Å². The Kier molecular flexibility index (Phi) is 6.07. The SMILES string of the molecule is Fc1ccc(CN(CCc2ccccn2)Cc2ccc(-n3ccnc3)cc2)cc1. The Balaban J connectivity index is 1.46. The number of imidazole rings is 1. The van der Waals surface area contributed by atoms with Crippen molar-refractivity contribution in [1.82, 2.24) is 19.4 Å². The van der Waals surface area contributed by atoms with Crippen LogP contribution in [-0.4, -0.2) is 26.0 Å². The molecule has 0 aliphatic carbocycles. The molecule has 2 heterocycles. The predicted octanol–water partition coefficient (Wildman–Crippen LogP) is 4.65. The largest absolute Gasteiger partial charge is 0.306 e. The van der Waals surface area contributed by atoms with Crippen molar-refractivity contribution in [2.75, 3.05) is 6.54 Å². The van der Waals surface area contributed by atoms with Crippen LogP contribution < -0.4 is 0 Å². The third-order valence-electron chi connectivity index (χ3n) is 4.87. The molecule has 0 saturated heterocycles. The van der Waals surface area contributed by atoms with E-state index < -0.39 is 0 Å². The molecule has 0 aliphatic heterocycles. The molecule has 29 heavy (non-hydrogen) atoms. The van der Waals surface area contributed by atoms with Crippen LogP contribution in [0.15, 0.2) is 91.6 Å². The normalized spacial score (nSPS) is 11.1. The summed E-state index contributed by atoms with van der Waals surface area (Å²) in [5, 5.41) is 0. The molecule has 4 nitrogen and oxygen atoms in total. The van der Waals surface area contributed by atoms with Crippen molar-refractivity contribution in [2.24, 2.45) is 0 Å². The second-order valence-corrected chi connectivity index (χ2v) is 7.04. The second-order valence-electron chi connectivity index (χ2n) is 7.04. The number of rotatable bonds is 8. The van der Waals surface area contributed by atoms with Crippen molar-refractivity contribution in [1.29, 1.82) is 0 Å². The lowest BCUT2D eigenvalue weighted by Gasteiger charge is -2.23. The minimum atomic E-state index is -0.205. The van der Waals surface area contributed by atoms with Gasteiger partial charge in [0, 0.05) is 56.0 Å². The Morgan fingerprint density at radius 3 is 2.17 bits per heavy atom. The highest BCUT2D eigenvalue weighted by molar-refractivity contribution is 5.34. The Labute approximate surface area is 170 Å². The number of halogens is 1. The summed E-state index contributed by atoms with van der Waals surface area (Å²) in [7, 11) is 0. The first-order chi connectivity index (χ1) is 14.3. The van der Waals surface area contributed by atoms with Gasteiger partial charge in [0.25, 0.3) is 0 Å². The summed E-state index contributed by atoms with van der Waals surface area (Å²) in [6.45, 7) is 2.45. The van der Waals surface area contributed by atoms with Gasteiger partial charge < -0.3 is 4.57 Å². The van der Waals surface area contributed by atoms with Gasteiger partial charge in [-0.25, -0.2) is 9.37 Å². The van der Waals surface area contributed by atoms with Crippen molar-refractivity contribution in [2.45, 2.75) is 19.5 Å². The first kappa shape index (κ1) is 19.0. The maximum atomic E-state index is 13.3. The third-order valence-corrected chi connectivity index (χ3v) is 4.87. The summed E-state index contributed by atoms with van der Waals surface area (Å²) in [5.41, 5.74) is 4.50. The molecule has 5 heteroatoms. The van der Waals surface area contributed by atoms with Gasteiger partial charge in [0.15, 0.2) is 0 Å². The Morgan fingerprint density at radius 2 is 1.55 bits per heavy atom. The molecule has 2 aromatic carbocycles. The van der Waals surface area contributed by atoms with E-state index in [4.69, 9.17) is 0 Å². The Bertz CT molecular complexity index is 997. The smallest absolute Gasteiger partial charge is 0.123 e. The monoisotopic (exact) mass is 386 g/mol. The lowest BCUT2D eigenvalue weighted by Crippen LogP contribution is -2.25. The molecule has 0 radical (unpaired) electrons. The van der Waals surface area contributed by atoms with Crippen LogP contribution in [0.1, 0.15) is 16.8 Å². The number of aromatic nitrogens is 3. The molecule has 0 aliphatic rings. The number of hydrogen-bond acceptors (Lipinski definition) is 3. The molecule has 0 amide bonds. The number of benzene rings is 2. The van der Waals surface area contributed by atoms with E-state index in [-0.39, 0.29) is 5.82 Å². The predicted molar refractivity (Wildman–Crippen MR) is 112 cm³/mol. The summed E-state index contributed by atoms with van der Waals surface area (Å²) in [5.74, 6) is -0.205. The van der Waals surface area contributed by atoms with Gasteiger partial charge in [0.1, 0.15) is 5.82 Å². The first-order valence-electron chi connectivity index (χ1n) is 9.70. The van der Waals surface area contributed by atoms with E-state index in [2.05, 4.69) is 45.2 Å². The fourth-order valence-electron chi connectivity index (χ4n) is 3.32. The summed E-state index contributed by atoms with van der Waals surface area (Å²) in [6.07, 6.45) is 8.20. The van der Waals surface area contributed by atoms with Gasteiger partial charge in [0.05, 0.1) is 6.33 Å². The molecular weight excluding hydrogens is 363 g/mol. The zero-order chi connectivity index (χ0) is 19.9. The molecule has 0 atom stereocenters. The fraction of sp³-hybridized carbons (Fsp3) is 0.167. The number of nitrogens with zero attached hydrogens (tertiary/aromatic N) is 4. The zero-order valence-corrected chi connectivity index (χ0v) is 16.2. The highest BCUT2D eigenvalue weighted by atomic mass is 19.1. The minimum absolute atomic E-state index is 0.205. The van der Waals surface area contributed by atoms with Gasteiger partial charge >= 0.3 is 0 Å². The van der Waals surface area contributed by atoms with Crippen LogP contribution in [0.5, 0.6) is 0 Å². The summed E-state index contributed by atoms with van der Waals surface area (Å²) in [4.78, 5) is 10.9. The lowest BCUT2D eigenvalue weighted by molar-refractivity contribution is 0.259. The van der Waals surface area contributed by atoms with Crippen molar-refractivity contribution >= 4 is 0 Å². The quantitative estimate of drug-likeness (QED) is 0.442. The molecule has 2 aromatic heterocycles. The topological polar surface area (TPSA) is 34.0 Å². The molecule has 4 aromatic rings. The van der Waals surface area contributed by atoms with Gasteiger partial charge in [-0.1, -0.05) is 30.3 Å². The van der Waals surface area contributed by atoms with Crippen molar-refractivity contribution in [3.63, 3.8) is 0 Å². The number of pyridine rings is 1. The summed E-state index contributed by atoms with van der Waals surface area (Å²) >= 11 is 0. The van der Waals surface area contributed by atoms with Crippen LogP contribution in [0.2, 0.25) is 0 Å². The van der Waals surface area contributed by atoms with Gasteiger partial charge in [-0.15, -0.1) is 0 Å². The summed E-state index contributed by atoms with van der Waals surface area (Å²) < 4.78 is 15.3. The lowest BCUT2D eigenvalue weighted by atomic mass is 10.1. The second kappa shape index (κ2) is 9.26. The standard InChI is InChI=1S/C24H23FN4/c25-22-8-4-20(5-9-22)17-28(15-12-23-3-1-2-13-27-23)18-21-6-10-24(11-7-21)29-16-14-26-19-29/h1-11,13-14,16,19H,12,15,17-18H2. The molecule has 0 saturated carbocycles. The molecule has 0 unspecified atom stereocenters. The zero-order valence-electron chi connectivity index (χ0n) is 16.2. The van der Waals surface area contributed by atoms with Crippen LogP contribution in [-0.2, 0) is 19.5 Å². The third kappa shape index (κ3) is 5.36. The minimum Gasteiger partial charge on any atom is -0.306 e. The number of hydrogen-bond donors (Lipinski definition) is 0. The molecule has 146 valence electrons. The van der Waals surface area contributed by atoms with Crippen LogP contribution in [0.4, 0.5) is 4.39 Å². The Morgan fingerprint density at radius 1 is 0.828 bits per heavy atom. The highest BCUT2D eigenvalue weighted by Gasteiger charge is 2.09. The molecule has 4 rings (SSSR count). The maximum Gasteiger partial charge on any atom is 0.123 e. The van der Waals surface area contributed by atoms with Gasteiger partial charge in [0.2, 0.25) is 0 Å². The van der Waals surface area contributed by atoms with E-state index in [1.807, 2.05) is 41.2 Å². The van der Waals surface area contributed by atoms with Gasteiger partial charge in [-0.2, -0.15) is 0 Å². The van der Waals surface area contributed by atoms with Crippen molar-refractivity contribution in [3.8, 4) is 5.69 Å². The first-order valence-corrected chi connectivity index (χ1v) is 9.70. The molecule has 0 fully saturated rings. The van der Waals surface area contributed by atoms with E-state index in [0.717, 1.165) is 43.0 Å². The Hall–Kier alpha value is -3.31. The fourth-order valence-corrected chi connectivity index (χ4v) is 3.32. The molecule has 0 spiro atoms. The van der Waals surface area contributed by atoms with Crippen LogP contribution >= 0.6 is 0 Å². The van der Waals surface area contributed by atoms with E-state index in [1.54, 1.807) is 12.5 Å². The van der Waals surface area contributed by atoms with E-state index >= 15 is 0 Å². The van der Waals surface area contributed by atoms with Crippen molar-refractivity contribution < 1.29 is 4.39 Å². The molecule has 0 bridgehead atoms. The van der Waals surface area contributed by atoms with Crippen LogP contribution in [0.3, 0.4) is 0 Å². The average Bonchev–Trinajstić information content (AvgIpc) is 3.30. The van der Waals surface area contributed by atoms with Gasteiger partial charge in [-0.3, -0.25) is 9.88 Å². The molecular formula is C24H23FN4. The van der Waals surface area contributed by atoms with E-state index in [0.29, 0.717) is 0 Å². The van der Waals surface area contributed by atoms with Gasteiger partial charge in [-0.05, 0) is 47.5 Å². The maximum absolute atomic E-state index is 13.3. The highest BCUT2D eigenvalue weighted by Crippen LogP contribution is 2.14. The average molecular weight is 386 g/mol. The molecule has 0 N–H and O–H groups in total. The van der Waals surface area contributed by atoms with Crippen molar-refractivity contribution in [3.05, 3.63) is 114 Å². The van der Waals surface area contributed by atoms with Crippen LogP contribution in [0, 0.1) is 5.82 Å².